The molecule has 118 valence electrons. The summed E-state index contributed by atoms with van der Waals surface area (Å²) in [5.74, 6) is 0.167. The lowest BCUT2D eigenvalue weighted by Gasteiger charge is -2.12. The van der Waals surface area contributed by atoms with Gasteiger partial charge in [-0.25, -0.2) is 9.97 Å². The SMILES string of the molecule is FC(F)(F)c1cc(Nc2nc3ccccc3nc2Cl)ccc1Cl. The molecule has 0 unspecified atom stereocenters. The molecule has 3 aromatic rings. The maximum absolute atomic E-state index is 12.9. The van der Waals surface area contributed by atoms with Crippen molar-refractivity contribution in [1.29, 1.82) is 0 Å². The molecule has 1 heterocycles. The van der Waals surface area contributed by atoms with Gasteiger partial charge in [-0.1, -0.05) is 35.3 Å². The average Bonchev–Trinajstić information content (AvgIpc) is 2.49. The van der Waals surface area contributed by atoms with E-state index in [0.717, 1.165) is 12.1 Å². The highest BCUT2D eigenvalue weighted by atomic mass is 35.5. The Morgan fingerprint density at radius 2 is 1.57 bits per heavy atom. The molecule has 0 aliphatic rings. The molecule has 2 aromatic carbocycles. The average molecular weight is 358 g/mol. The number of para-hydroxylation sites is 2. The minimum Gasteiger partial charge on any atom is -0.338 e. The van der Waals surface area contributed by atoms with Gasteiger partial charge in [0, 0.05) is 5.69 Å². The predicted octanol–water partition coefficient (Wildman–Crippen LogP) is 5.70. The van der Waals surface area contributed by atoms with Crippen molar-refractivity contribution in [2.24, 2.45) is 0 Å². The normalized spacial score (nSPS) is 11.7. The zero-order chi connectivity index (χ0) is 16.6. The van der Waals surface area contributed by atoms with E-state index in [1.807, 2.05) is 0 Å². The van der Waals surface area contributed by atoms with Gasteiger partial charge < -0.3 is 5.32 Å². The Kier molecular flexibility index (Phi) is 4.04. The quantitative estimate of drug-likeness (QED) is 0.639. The topological polar surface area (TPSA) is 37.8 Å². The van der Waals surface area contributed by atoms with Gasteiger partial charge in [0.2, 0.25) is 0 Å². The molecule has 0 atom stereocenters. The van der Waals surface area contributed by atoms with Crippen molar-refractivity contribution in [1.82, 2.24) is 9.97 Å². The van der Waals surface area contributed by atoms with Crippen molar-refractivity contribution in [2.45, 2.75) is 6.18 Å². The number of rotatable bonds is 2. The van der Waals surface area contributed by atoms with Gasteiger partial charge in [-0.05, 0) is 30.3 Å². The van der Waals surface area contributed by atoms with Crippen LogP contribution in [-0.4, -0.2) is 9.97 Å². The molecule has 8 heteroatoms. The molecule has 3 rings (SSSR count). The molecule has 0 bridgehead atoms. The fourth-order valence-electron chi connectivity index (χ4n) is 2.02. The molecular formula is C15H8Cl2F3N3. The molecule has 1 N–H and O–H groups in total. The number of alkyl halides is 3. The second-order valence-electron chi connectivity index (χ2n) is 4.67. The Labute approximate surface area is 139 Å². The van der Waals surface area contributed by atoms with Crippen molar-refractivity contribution in [2.75, 3.05) is 5.32 Å². The molecule has 3 nitrogen and oxygen atoms in total. The van der Waals surface area contributed by atoms with Crippen LogP contribution < -0.4 is 5.32 Å². The van der Waals surface area contributed by atoms with E-state index < -0.39 is 11.7 Å². The van der Waals surface area contributed by atoms with Gasteiger partial charge in [0.25, 0.3) is 0 Å². The Balaban J connectivity index is 2.01. The van der Waals surface area contributed by atoms with Crippen LogP contribution in [0.5, 0.6) is 0 Å². The summed E-state index contributed by atoms with van der Waals surface area (Å²) in [7, 11) is 0. The number of nitrogens with zero attached hydrogens (tertiary/aromatic N) is 2. The number of fused-ring (bicyclic) bond motifs is 1. The summed E-state index contributed by atoms with van der Waals surface area (Å²) in [5, 5.41) is 2.43. The third-order valence-corrected chi connectivity index (χ3v) is 3.66. The van der Waals surface area contributed by atoms with Crippen LogP contribution in [0.15, 0.2) is 42.5 Å². The Morgan fingerprint density at radius 3 is 2.22 bits per heavy atom. The van der Waals surface area contributed by atoms with E-state index in [1.165, 1.54) is 6.07 Å². The highest BCUT2D eigenvalue weighted by Crippen LogP contribution is 2.37. The van der Waals surface area contributed by atoms with Gasteiger partial charge in [-0.3, -0.25) is 0 Å². The maximum Gasteiger partial charge on any atom is 0.417 e. The van der Waals surface area contributed by atoms with Crippen LogP contribution in [0.3, 0.4) is 0 Å². The number of aromatic nitrogens is 2. The zero-order valence-electron chi connectivity index (χ0n) is 11.3. The smallest absolute Gasteiger partial charge is 0.338 e. The van der Waals surface area contributed by atoms with E-state index in [0.29, 0.717) is 11.0 Å². The molecule has 0 aliphatic heterocycles. The lowest BCUT2D eigenvalue weighted by molar-refractivity contribution is -0.137. The number of halogens is 5. The van der Waals surface area contributed by atoms with E-state index >= 15 is 0 Å². The molecule has 0 radical (unpaired) electrons. The molecule has 0 saturated carbocycles. The van der Waals surface area contributed by atoms with Gasteiger partial charge in [0.1, 0.15) is 0 Å². The van der Waals surface area contributed by atoms with Crippen LogP contribution in [0, 0.1) is 0 Å². The largest absolute Gasteiger partial charge is 0.417 e. The van der Waals surface area contributed by atoms with Crippen LogP contribution >= 0.6 is 23.2 Å². The number of hydrogen-bond acceptors (Lipinski definition) is 3. The van der Waals surface area contributed by atoms with Crippen LogP contribution in [0.25, 0.3) is 11.0 Å². The van der Waals surface area contributed by atoms with Crippen LogP contribution in [0.1, 0.15) is 5.56 Å². The van der Waals surface area contributed by atoms with Gasteiger partial charge in [-0.2, -0.15) is 13.2 Å². The van der Waals surface area contributed by atoms with Crippen LogP contribution in [-0.2, 0) is 6.18 Å². The van der Waals surface area contributed by atoms with Gasteiger partial charge in [0.05, 0.1) is 21.6 Å². The highest BCUT2D eigenvalue weighted by molar-refractivity contribution is 6.32. The number of nitrogens with one attached hydrogen (secondary N) is 1. The third kappa shape index (κ3) is 3.33. The Bertz CT molecular complexity index is 881. The first-order valence-electron chi connectivity index (χ1n) is 6.40. The van der Waals surface area contributed by atoms with E-state index in [-0.39, 0.29) is 21.7 Å². The van der Waals surface area contributed by atoms with E-state index in [1.54, 1.807) is 24.3 Å². The van der Waals surface area contributed by atoms with Gasteiger partial charge in [0.15, 0.2) is 11.0 Å². The molecule has 23 heavy (non-hydrogen) atoms. The number of benzene rings is 2. The Hall–Kier alpha value is -2.05. The molecule has 0 fully saturated rings. The van der Waals surface area contributed by atoms with Gasteiger partial charge >= 0.3 is 6.18 Å². The third-order valence-electron chi connectivity index (χ3n) is 3.06. The lowest BCUT2D eigenvalue weighted by atomic mass is 10.2. The van der Waals surface area contributed by atoms with Gasteiger partial charge in [-0.15, -0.1) is 0 Å². The Morgan fingerprint density at radius 1 is 0.913 bits per heavy atom. The monoisotopic (exact) mass is 357 g/mol. The molecule has 0 amide bonds. The first-order valence-corrected chi connectivity index (χ1v) is 7.16. The fourth-order valence-corrected chi connectivity index (χ4v) is 2.42. The molecule has 0 saturated heterocycles. The summed E-state index contributed by atoms with van der Waals surface area (Å²) >= 11 is 11.6. The standard InChI is InChI=1S/C15H8Cl2F3N3/c16-10-6-5-8(7-9(10)15(18,19)20)21-14-13(17)22-11-3-1-2-4-12(11)23-14/h1-7H,(H,21,23). The van der Waals surface area contributed by atoms with Crippen molar-refractivity contribution in [3.05, 3.63) is 58.2 Å². The molecule has 0 aliphatic carbocycles. The zero-order valence-corrected chi connectivity index (χ0v) is 12.8. The predicted molar refractivity (Wildman–Crippen MR) is 84.3 cm³/mol. The summed E-state index contributed by atoms with van der Waals surface area (Å²) in [4.78, 5) is 8.42. The van der Waals surface area contributed by atoms with E-state index in [4.69, 9.17) is 23.2 Å². The van der Waals surface area contributed by atoms with Crippen LogP contribution in [0.2, 0.25) is 10.2 Å². The maximum atomic E-state index is 12.9. The number of anilines is 2. The summed E-state index contributed by atoms with van der Waals surface area (Å²) in [6.45, 7) is 0. The molecule has 0 spiro atoms. The van der Waals surface area contributed by atoms with Crippen molar-refractivity contribution in [3.63, 3.8) is 0 Å². The van der Waals surface area contributed by atoms with Crippen molar-refractivity contribution in [3.8, 4) is 0 Å². The van der Waals surface area contributed by atoms with E-state index in [2.05, 4.69) is 15.3 Å². The lowest BCUT2D eigenvalue weighted by Crippen LogP contribution is -2.07. The second-order valence-corrected chi connectivity index (χ2v) is 5.43. The first kappa shape index (κ1) is 15.8. The minimum absolute atomic E-state index is 0.0622. The van der Waals surface area contributed by atoms with Crippen molar-refractivity contribution >= 4 is 45.7 Å². The summed E-state index contributed by atoms with van der Waals surface area (Å²) in [6, 6.07) is 10.5. The second kappa shape index (κ2) is 5.86. The fraction of sp³-hybridized carbons (Fsp3) is 0.0667. The first-order chi connectivity index (χ1) is 10.8. The van der Waals surface area contributed by atoms with Crippen LogP contribution in [0.4, 0.5) is 24.7 Å². The summed E-state index contributed by atoms with van der Waals surface area (Å²) in [5.41, 5.74) is 0.391. The summed E-state index contributed by atoms with van der Waals surface area (Å²) in [6.07, 6.45) is -4.55. The highest BCUT2D eigenvalue weighted by Gasteiger charge is 2.33. The van der Waals surface area contributed by atoms with E-state index in [9.17, 15) is 13.2 Å². The molecular weight excluding hydrogens is 350 g/mol. The minimum atomic E-state index is -4.55. The van der Waals surface area contributed by atoms with Crippen molar-refractivity contribution < 1.29 is 13.2 Å². The number of hydrogen-bond donors (Lipinski definition) is 1. The summed E-state index contributed by atoms with van der Waals surface area (Å²) < 4.78 is 38.7. The molecule has 1 aromatic heterocycles.